The van der Waals surface area contributed by atoms with Crippen LogP contribution in [0.25, 0.3) is 4.96 Å². The molecule has 1 saturated carbocycles. The number of methoxy groups -OCH3 is 2. The summed E-state index contributed by atoms with van der Waals surface area (Å²) >= 11 is 1.51. The zero-order valence-corrected chi connectivity index (χ0v) is 15.4. The summed E-state index contributed by atoms with van der Waals surface area (Å²) in [5.74, 6) is 2.44. The number of nitrogens with zero attached hydrogens (tertiary/aromatic N) is 4. The smallest absolute Gasteiger partial charge is 0.251 e. The second-order valence-corrected chi connectivity index (χ2v) is 7.17. The molecule has 1 N–H and O–H groups in total. The van der Waals surface area contributed by atoms with Gasteiger partial charge in [-0.3, -0.25) is 4.79 Å². The summed E-state index contributed by atoms with van der Waals surface area (Å²) in [5.41, 5.74) is 0.496. The molecule has 0 spiro atoms. The van der Waals surface area contributed by atoms with Crippen molar-refractivity contribution in [3.8, 4) is 11.5 Å². The first-order valence-electron chi connectivity index (χ1n) is 8.40. The maximum absolute atomic E-state index is 12.4. The lowest BCUT2D eigenvalue weighted by atomic mass is 10.2. The van der Waals surface area contributed by atoms with Gasteiger partial charge >= 0.3 is 0 Å². The second kappa shape index (κ2) is 6.91. The molecular weight excluding hydrogens is 354 g/mol. The monoisotopic (exact) mass is 373 g/mol. The van der Waals surface area contributed by atoms with Crippen LogP contribution in [-0.2, 0) is 6.42 Å². The van der Waals surface area contributed by atoms with E-state index in [4.69, 9.17) is 9.47 Å². The molecule has 0 radical (unpaired) electrons. The Morgan fingerprint density at radius 2 is 1.96 bits per heavy atom. The van der Waals surface area contributed by atoms with Crippen molar-refractivity contribution in [3.05, 3.63) is 34.6 Å². The zero-order chi connectivity index (χ0) is 18.1. The number of carbonyl (C=O) groups excluding carboxylic acids is 1. The van der Waals surface area contributed by atoms with Crippen LogP contribution in [-0.4, -0.2) is 46.5 Å². The number of aromatic nitrogens is 4. The van der Waals surface area contributed by atoms with Crippen LogP contribution in [0.1, 0.15) is 39.9 Å². The molecule has 0 bridgehead atoms. The molecule has 1 amide bonds. The quantitative estimate of drug-likeness (QED) is 0.682. The highest BCUT2D eigenvalue weighted by atomic mass is 32.1. The minimum atomic E-state index is -0.177. The van der Waals surface area contributed by atoms with Gasteiger partial charge in [0, 0.05) is 30.5 Å². The van der Waals surface area contributed by atoms with Crippen LogP contribution in [0.2, 0.25) is 0 Å². The maximum Gasteiger partial charge on any atom is 0.251 e. The predicted octanol–water partition coefficient (Wildman–Crippen LogP) is 2.05. The fourth-order valence-corrected chi connectivity index (χ4v) is 3.53. The van der Waals surface area contributed by atoms with Gasteiger partial charge in [0.1, 0.15) is 16.5 Å². The molecule has 2 aromatic heterocycles. The van der Waals surface area contributed by atoms with Gasteiger partial charge in [-0.05, 0) is 25.0 Å². The van der Waals surface area contributed by atoms with Crippen molar-refractivity contribution in [1.82, 2.24) is 25.1 Å². The summed E-state index contributed by atoms with van der Waals surface area (Å²) in [6, 6.07) is 5.10. The van der Waals surface area contributed by atoms with Gasteiger partial charge in [0.25, 0.3) is 5.91 Å². The largest absolute Gasteiger partial charge is 0.497 e. The summed E-state index contributed by atoms with van der Waals surface area (Å²) in [5, 5.41) is 16.8. The van der Waals surface area contributed by atoms with E-state index in [0.717, 1.165) is 28.6 Å². The summed E-state index contributed by atoms with van der Waals surface area (Å²) in [7, 11) is 3.11. The highest BCUT2D eigenvalue weighted by Gasteiger charge is 2.30. The van der Waals surface area contributed by atoms with E-state index in [1.165, 1.54) is 11.3 Å². The van der Waals surface area contributed by atoms with Gasteiger partial charge in [0.05, 0.1) is 14.2 Å². The summed E-state index contributed by atoms with van der Waals surface area (Å²) in [4.78, 5) is 13.2. The fraction of sp³-hybridized carbons (Fsp3) is 0.412. The molecule has 1 aromatic carbocycles. The first-order valence-corrected chi connectivity index (χ1v) is 9.22. The molecule has 1 fully saturated rings. The van der Waals surface area contributed by atoms with Crippen LogP contribution < -0.4 is 14.8 Å². The molecule has 0 unspecified atom stereocenters. The lowest BCUT2D eigenvalue weighted by Crippen LogP contribution is -2.25. The van der Waals surface area contributed by atoms with Gasteiger partial charge in [0.2, 0.25) is 4.96 Å². The Morgan fingerprint density at radius 3 is 2.62 bits per heavy atom. The second-order valence-electron chi connectivity index (χ2n) is 6.13. The van der Waals surface area contributed by atoms with Crippen molar-refractivity contribution in [2.45, 2.75) is 25.2 Å². The van der Waals surface area contributed by atoms with Crippen molar-refractivity contribution in [2.75, 3.05) is 20.8 Å². The number of ether oxygens (including phenoxy) is 2. The number of carbonyl (C=O) groups is 1. The van der Waals surface area contributed by atoms with Crippen molar-refractivity contribution in [1.29, 1.82) is 0 Å². The van der Waals surface area contributed by atoms with Crippen LogP contribution in [0.15, 0.2) is 18.2 Å². The molecule has 1 aliphatic carbocycles. The average Bonchev–Trinajstić information content (AvgIpc) is 3.31. The van der Waals surface area contributed by atoms with E-state index in [1.807, 2.05) is 4.52 Å². The van der Waals surface area contributed by atoms with Gasteiger partial charge in [0.15, 0.2) is 5.82 Å². The van der Waals surface area contributed by atoms with E-state index in [-0.39, 0.29) is 5.91 Å². The number of amides is 1. The minimum Gasteiger partial charge on any atom is -0.497 e. The van der Waals surface area contributed by atoms with E-state index in [9.17, 15) is 4.79 Å². The molecule has 1 aliphatic rings. The molecule has 3 aromatic rings. The molecule has 8 nitrogen and oxygen atoms in total. The molecule has 0 aliphatic heterocycles. The molecule has 4 rings (SSSR count). The van der Waals surface area contributed by atoms with Gasteiger partial charge in [-0.1, -0.05) is 11.3 Å². The number of hydrogen-bond donors (Lipinski definition) is 1. The maximum atomic E-state index is 12.4. The van der Waals surface area contributed by atoms with Crippen LogP contribution in [0.5, 0.6) is 11.5 Å². The SMILES string of the molecule is COc1cc(OC)cc(C(=O)NCCc2nn3c(C4CC4)nnc3s2)c1. The molecular formula is C17H19N5O3S. The summed E-state index contributed by atoms with van der Waals surface area (Å²) in [6.45, 7) is 0.487. The van der Waals surface area contributed by atoms with Gasteiger partial charge in [-0.2, -0.15) is 9.61 Å². The van der Waals surface area contributed by atoms with Crippen molar-refractivity contribution in [2.24, 2.45) is 0 Å². The van der Waals surface area contributed by atoms with Crippen LogP contribution in [0.3, 0.4) is 0 Å². The average molecular weight is 373 g/mol. The van der Waals surface area contributed by atoms with E-state index in [0.29, 0.717) is 35.9 Å². The van der Waals surface area contributed by atoms with E-state index in [2.05, 4.69) is 20.6 Å². The standard InChI is InChI=1S/C17H19N5O3S/c1-24-12-7-11(8-13(9-12)25-2)16(23)18-6-5-14-21-22-15(10-3-4-10)19-20-17(22)26-14/h7-10H,3-6H2,1-2H3,(H,18,23). The third-order valence-electron chi connectivity index (χ3n) is 4.24. The third-order valence-corrected chi connectivity index (χ3v) is 5.20. The summed E-state index contributed by atoms with van der Waals surface area (Å²) < 4.78 is 12.2. The number of nitrogens with one attached hydrogen (secondary N) is 1. The zero-order valence-electron chi connectivity index (χ0n) is 14.6. The molecule has 0 atom stereocenters. The van der Waals surface area contributed by atoms with Gasteiger partial charge < -0.3 is 14.8 Å². The Balaban J connectivity index is 1.39. The normalized spacial score (nSPS) is 13.8. The van der Waals surface area contributed by atoms with E-state index in [1.54, 1.807) is 32.4 Å². The van der Waals surface area contributed by atoms with Gasteiger partial charge in [-0.15, -0.1) is 10.2 Å². The molecule has 2 heterocycles. The Labute approximate surface area is 154 Å². The first kappa shape index (κ1) is 16.8. The minimum absolute atomic E-state index is 0.177. The Kier molecular flexibility index (Phi) is 4.46. The lowest BCUT2D eigenvalue weighted by molar-refractivity contribution is 0.0953. The third kappa shape index (κ3) is 3.34. The van der Waals surface area contributed by atoms with Crippen molar-refractivity contribution in [3.63, 3.8) is 0 Å². The highest BCUT2D eigenvalue weighted by molar-refractivity contribution is 7.16. The predicted molar refractivity (Wildman–Crippen MR) is 96.2 cm³/mol. The van der Waals surface area contributed by atoms with Crippen LogP contribution in [0.4, 0.5) is 0 Å². The number of hydrogen-bond acceptors (Lipinski definition) is 7. The Bertz CT molecular complexity index is 925. The van der Waals surface area contributed by atoms with Gasteiger partial charge in [-0.25, -0.2) is 0 Å². The van der Waals surface area contributed by atoms with Crippen molar-refractivity contribution >= 4 is 22.2 Å². The molecule has 136 valence electrons. The summed E-state index contributed by atoms with van der Waals surface area (Å²) in [6.07, 6.45) is 2.96. The number of fused-ring (bicyclic) bond motifs is 1. The lowest BCUT2D eigenvalue weighted by Gasteiger charge is -2.08. The first-order chi connectivity index (χ1) is 12.7. The van der Waals surface area contributed by atoms with Crippen LogP contribution in [0, 0.1) is 0 Å². The topological polar surface area (TPSA) is 90.6 Å². The highest BCUT2D eigenvalue weighted by Crippen LogP contribution is 2.39. The molecule has 0 saturated heterocycles. The Hall–Kier alpha value is -2.68. The number of benzene rings is 1. The fourth-order valence-electron chi connectivity index (χ4n) is 2.69. The molecule has 26 heavy (non-hydrogen) atoms. The van der Waals surface area contributed by atoms with Crippen molar-refractivity contribution < 1.29 is 14.3 Å². The van der Waals surface area contributed by atoms with E-state index >= 15 is 0 Å². The Morgan fingerprint density at radius 1 is 1.23 bits per heavy atom. The van der Waals surface area contributed by atoms with E-state index < -0.39 is 0 Å². The van der Waals surface area contributed by atoms with Crippen LogP contribution >= 0.6 is 11.3 Å². The molecule has 9 heteroatoms. The number of rotatable bonds is 7.